The van der Waals surface area contributed by atoms with Crippen LogP contribution in [0.3, 0.4) is 0 Å². The minimum Gasteiger partial charge on any atom is -0.714 e. The SMILES string of the molecule is CCN=C1C(N)[N+]([O-])=C(N)C(O)N1O. The van der Waals surface area contributed by atoms with Crippen molar-refractivity contribution < 1.29 is 15.1 Å². The van der Waals surface area contributed by atoms with Crippen LogP contribution in [-0.2, 0) is 0 Å². The van der Waals surface area contributed by atoms with Gasteiger partial charge in [0.15, 0.2) is 5.84 Å². The predicted octanol–water partition coefficient (Wildman–Crippen LogP) is -2.42. The molecule has 1 rings (SSSR count). The number of hydroxylamine groups is 3. The van der Waals surface area contributed by atoms with Gasteiger partial charge in [-0.05, 0) is 6.92 Å². The summed E-state index contributed by atoms with van der Waals surface area (Å²) < 4.78 is 0.214. The molecule has 0 fully saturated rings. The molecule has 0 saturated heterocycles. The van der Waals surface area contributed by atoms with E-state index in [0.29, 0.717) is 11.6 Å². The average Bonchev–Trinajstić information content (AvgIpc) is 2.19. The molecular weight excluding hydrogens is 190 g/mol. The number of aliphatic imine (C=N–C) groups is 1. The molecule has 14 heavy (non-hydrogen) atoms. The molecule has 0 radical (unpaired) electrons. The molecule has 8 heteroatoms. The molecule has 2 atom stereocenters. The highest BCUT2D eigenvalue weighted by Crippen LogP contribution is 2.06. The van der Waals surface area contributed by atoms with E-state index in [9.17, 15) is 15.5 Å². The van der Waals surface area contributed by atoms with E-state index in [2.05, 4.69) is 4.99 Å². The number of aliphatic hydroxyl groups is 1. The Morgan fingerprint density at radius 2 is 2.29 bits per heavy atom. The van der Waals surface area contributed by atoms with Crippen molar-refractivity contribution in [3.8, 4) is 0 Å². The van der Waals surface area contributed by atoms with Gasteiger partial charge in [0.05, 0.1) is 0 Å². The van der Waals surface area contributed by atoms with Crippen LogP contribution in [-0.4, -0.2) is 50.7 Å². The van der Waals surface area contributed by atoms with Crippen LogP contribution < -0.4 is 11.5 Å². The van der Waals surface area contributed by atoms with Crippen molar-refractivity contribution in [3.63, 3.8) is 0 Å². The molecule has 2 unspecified atom stereocenters. The van der Waals surface area contributed by atoms with Crippen LogP contribution >= 0.6 is 0 Å². The molecule has 0 aromatic heterocycles. The summed E-state index contributed by atoms with van der Waals surface area (Å²) in [6, 6.07) is 0. The molecule has 80 valence electrons. The minimum absolute atomic E-state index is 0.107. The van der Waals surface area contributed by atoms with Gasteiger partial charge in [-0.15, -0.1) is 0 Å². The summed E-state index contributed by atoms with van der Waals surface area (Å²) in [6.07, 6.45) is -2.79. The van der Waals surface area contributed by atoms with Crippen molar-refractivity contribution in [2.45, 2.75) is 19.3 Å². The molecule has 0 aromatic carbocycles. The number of hydrogen-bond donors (Lipinski definition) is 4. The Labute approximate surface area is 80.3 Å². The van der Waals surface area contributed by atoms with Gasteiger partial charge >= 0.3 is 5.84 Å². The minimum atomic E-state index is -1.60. The molecule has 0 bridgehead atoms. The molecule has 1 aliphatic rings. The van der Waals surface area contributed by atoms with E-state index >= 15 is 0 Å². The lowest BCUT2D eigenvalue weighted by Gasteiger charge is -2.33. The van der Waals surface area contributed by atoms with Gasteiger partial charge < -0.3 is 10.3 Å². The fraction of sp³-hybridized carbons (Fsp3) is 0.667. The number of amidine groups is 2. The first-order valence-corrected chi connectivity index (χ1v) is 4.05. The predicted molar refractivity (Wildman–Crippen MR) is 48.4 cm³/mol. The summed E-state index contributed by atoms with van der Waals surface area (Å²) in [6.45, 7) is 2.04. The molecule has 0 amide bonds. The van der Waals surface area contributed by atoms with Gasteiger partial charge in [0.1, 0.15) is 0 Å². The smallest absolute Gasteiger partial charge is 0.300 e. The lowest BCUT2D eigenvalue weighted by atomic mass is 10.3. The third kappa shape index (κ3) is 1.50. The number of aliphatic hydroxyl groups excluding tert-OH is 1. The van der Waals surface area contributed by atoms with Gasteiger partial charge in [0.2, 0.25) is 6.17 Å². The lowest BCUT2D eigenvalue weighted by molar-refractivity contribution is -0.495. The zero-order chi connectivity index (χ0) is 10.9. The second-order valence-corrected chi connectivity index (χ2v) is 2.75. The van der Waals surface area contributed by atoms with Crippen LogP contribution in [0.25, 0.3) is 0 Å². The maximum absolute atomic E-state index is 11.2. The topological polar surface area (TPSA) is 134 Å². The Morgan fingerprint density at radius 1 is 1.71 bits per heavy atom. The molecule has 0 aliphatic carbocycles. The first-order chi connectivity index (χ1) is 6.50. The van der Waals surface area contributed by atoms with Crippen LogP contribution in [0, 0.1) is 5.21 Å². The Bertz CT molecular complexity index is 289. The van der Waals surface area contributed by atoms with E-state index in [0.717, 1.165) is 0 Å². The molecule has 0 spiro atoms. The van der Waals surface area contributed by atoms with Crippen LogP contribution in [0.2, 0.25) is 0 Å². The van der Waals surface area contributed by atoms with Crippen molar-refractivity contribution in [2.24, 2.45) is 16.5 Å². The number of rotatable bonds is 1. The fourth-order valence-corrected chi connectivity index (χ4v) is 1.09. The van der Waals surface area contributed by atoms with Crippen molar-refractivity contribution in [1.29, 1.82) is 0 Å². The standard InChI is InChI=1S/C6H13N5O3/c1-2-9-5-3(7)10(13)4(8)6(12)11(5)14/h3,6,12,14H,2,7-8H2,1H3. The Balaban J connectivity index is 3.11. The molecular formula is C6H13N5O3. The van der Waals surface area contributed by atoms with Crippen molar-refractivity contribution >= 4 is 11.7 Å². The average molecular weight is 203 g/mol. The first-order valence-electron chi connectivity index (χ1n) is 4.05. The molecule has 1 aliphatic heterocycles. The number of nitrogens with two attached hydrogens (primary N) is 2. The van der Waals surface area contributed by atoms with Crippen molar-refractivity contribution in [3.05, 3.63) is 5.21 Å². The largest absolute Gasteiger partial charge is 0.714 e. The van der Waals surface area contributed by atoms with Gasteiger partial charge in [-0.2, -0.15) is 5.06 Å². The second-order valence-electron chi connectivity index (χ2n) is 2.75. The summed E-state index contributed by atoms with van der Waals surface area (Å²) in [7, 11) is 0. The Kier molecular flexibility index (Phi) is 2.89. The highest BCUT2D eigenvalue weighted by Gasteiger charge is 2.37. The zero-order valence-corrected chi connectivity index (χ0v) is 7.66. The van der Waals surface area contributed by atoms with Crippen LogP contribution in [0.5, 0.6) is 0 Å². The summed E-state index contributed by atoms with van der Waals surface area (Å²) in [5, 5.41) is 30.2. The van der Waals surface area contributed by atoms with E-state index in [-0.39, 0.29) is 10.6 Å². The summed E-state index contributed by atoms with van der Waals surface area (Å²) in [5.74, 6) is -0.570. The van der Waals surface area contributed by atoms with Gasteiger partial charge in [-0.1, -0.05) is 0 Å². The maximum Gasteiger partial charge on any atom is 0.300 e. The van der Waals surface area contributed by atoms with Gasteiger partial charge in [-0.3, -0.25) is 21.7 Å². The van der Waals surface area contributed by atoms with Crippen LogP contribution in [0.15, 0.2) is 4.99 Å². The van der Waals surface area contributed by atoms with Crippen molar-refractivity contribution in [2.75, 3.05) is 6.54 Å². The fourth-order valence-electron chi connectivity index (χ4n) is 1.09. The van der Waals surface area contributed by atoms with Gasteiger partial charge in [-0.25, -0.2) is 4.74 Å². The zero-order valence-electron chi connectivity index (χ0n) is 7.66. The molecule has 0 aromatic rings. The first kappa shape index (κ1) is 10.7. The highest BCUT2D eigenvalue weighted by atomic mass is 16.5. The molecule has 1 heterocycles. The van der Waals surface area contributed by atoms with Gasteiger partial charge in [0, 0.05) is 6.54 Å². The third-order valence-electron chi connectivity index (χ3n) is 1.82. The third-order valence-corrected chi connectivity index (χ3v) is 1.82. The van der Waals surface area contributed by atoms with E-state index in [1.54, 1.807) is 6.92 Å². The molecule has 8 nitrogen and oxygen atoms in total. The normalized spacial score (nSPS) is 31.4. The van der Waals surface area contributed by atoms with E-state index in [4.69, 9.17) is 11.5 Å². The summed E-state index contributed by atoms with van der Waals surface area (Å²) in [4.78, 5) is 3.78. The van der Waals surface area contributed by atoms with Crippen LogP contribution in [0.4, 0.5) is 0 Å². The Hall–Kier alpha value is -1.38. The number of nitrogens with zero attached hydrogens (tertiary/aromatic N) is 3. The second kappa shape index (κ2) is 3.78. The number of hydrogen-bond acceptors (Lipinski definition) is 6. The summed E-state index contributed by atoms with van der Waals surface area (Å²) in [5.41, 5.74) is 10.6. The Morgan fingerprint density at radius 3 is 2.79 bits per heavy atom. The summed E-state index contributed by atoms with van der Waals surface area (Å²) >= 11 is 0. The monoisotopic (exact) mass is 203 g/mol. The van der Waals surface area contributed by atoms with Gasteiger partial charge in [0.25, 0.3) is 6.23 Å². The van der Waals surface area contributed by atoms with E-state index in [1.165, 1.54) is 0 Å². The quantitative estimate of drug-likeness (QED) is 0.277. The highest BCUT2D eigenvalue weighted by molar-refractivity contribution is 5.93. The maximum atomic E-state index is 11.2. The molecule has 0 saturated carbocycles. The van der Waals surface area contributed by atoms with E-state index in [1.807, 2.05) is 0 Å². The molecule has 6 N–H and O–H groups in total. The van der Waals surface area contributed by atoms with E-state index < -0.39 is 18.2 Å². The van der Waals surface area contributed by atoms with Crippen LogP contribution in [0.1, 0.15) is 6.92 Å². The lowest BCUT2D eigenvalue weighted by Crippen LogP contribution is -2.63. The van der Waals surface area contributed by atoms with Crippen molar-refractivity contribution in [1.82, 2.24) is 5.06 Å².